The molecule has 0 radical (unpaired) electrons. The maximum Gasteiger partial charge on any atom is 0.177 e. The van der Waals surface area contributed by atoms with Gasteiger partial charge in [-0.2, -0.15) is 0 Å². The third-order valence-corrected chi connectivity index (χ3v) is 1.98. The Balaban J connectivity index is 2.41. The molecule has 0 bridgehead atoms. The Labute approximate surface area is 100 Å². The van der Waals surface area contributed by atoms with Crippen LogP contribution in [0.5, 0.6) is 0 Å². The summed E-state index contributed by atoms with van der Waals surface area (Å²) in [4.78, 5) is 4.94. The number of nitrogens with zero attached hydrogens (tertiary/aromatic N) is 1. The number of oxime groups is 1. The van der Waals surface area contributed by atoms with Crippen molar-refractivity contribution in [2.45, 2.75) is 6.92 Å². The highest BCUT2D eigenvalue weighted by Gasteiger charge is 1.87. The summed E-state index contributed by atoms with van der Waals surface area (Å²) in [6, 6.07) is 7.29. The summed E-state index contributed by atoms with van der Waals surface area (Å²) in [7, 11) is 0. The second-order valence-corrected chi connectivity index (χ2v) is 3.55. The molecule has 0 aliphatic heterocycles. The molecule has 0 aliphatic rings. The summed E-state index contributed by atoms with van der Waals surface area (Å²) in [5.41, 5.74) is 6.97. The lowest BCUT2D eigenvalue weighted by atomic mass is 10.2. The lowest BCUT2D eigenvalue weighted by Crippen LogP contribution is -2.09. The van der Waals surface area contributed by atoms with E-state index in [1.54, 1.807) is 19.1 Å². The van der Waals surface area contributed by atoms with Crippen molar-refractivity contribution in [1.29, 1.82) is 0 Å². The topological polar surface area (TPSA) is 47.6 Å². The first-order valence-corrected chi connectivity index (χ1v) is 5.20. The Kier molecular flexibility index (Phi) is 5.41. The van der Waals surface area contributed by atoms with Crippen LogP contribution in [0.25, 0.3) is 0 Å². The SMILES string of the molecule is C/C(CN)=N\OCC#Cc1ccc(Cl)cc1. The first-order valence-electron chi connectivity index (χ1n) is 4.82. The van der Waals surface area contributed by atoms with Gasteiger partial charge >= 0.3 is 0 Å². The summed E-state index contributed by atoms with van der Waals surface area (Å²) >= 11 is 5.74. The van der Waals surface area contributed by atoms with Gasteiger partial charge < -0.3 is 10.6 Å². The third kappa shape index (κ3) is 4.83. The van der Waals surface area contributed by atoms with Crippen LogP contribution in [0.15, 0.2) is 29.4 Å². The predicted molar refractivity (Wildman–Crippen MR) is 66.4 cm³/mol. The highest BCUT2D eigenvalue weighted by molar-refractivity contribution is 6.30. The van der Waals surface area contributed by atoms with Crippen LogP contribution < -0.4 is 5.73 Å². The standard InChI is InChI=1S/C12H13ClN2O/c1-10(9-14)15-16-8-2-3-11-4-6-12(13)7-5-11/h4-7H,8-9,14H2,1H3/b15-10+. The number of rotatable bonds is 3. The minimum atomic E-state index is 0.250. The van der Waals surface area contributed by atoms with Gasteiger partial charge in [-0.25, -0.2) is 0 Å². The van der Waals surface area contributed by atoms with Gasteiger partial charge in [0.05, 0.1) is 5.71 Å². The molecule has 0 unspecified atom stereocenters. The van der Waals surface area contributed by atoms with Gasteiger partial charge in [-0.15, -0.1) is 0 Å². The van der Waals surface area contributed by atoms with Crippen molar-refractivity contribution in [3.05, 3.63) is 34.9 Å². The van der Waals surface area contributed by atoms with E-state index in [2.05, 4.69) is 17.0 Å². The van der Waals surface area contributed by atoms with Crippen molar-refractivity contribution in [2.75, 3.05) is 13.2 Å². The molecule has 3 nitrogen and oxygen atoms in total. The Bertz CT molecular complexity index is 415. The van der Waals surface area contributed by atoms with Crippen LogP contribution in [0.1, 0.15) is 12.5 Å². The molecule has 84 valence electrons. The number of benzene rings is 1. The molecule has 0 spiro atoms. The van der Waals surface area contributed by atoms with Crippen molar-refractivity contribution in [2.24, 2.45) is 10.9 Å². The van der Waals surface area contributed by atoms with E-state index in [0.717, 1.165) is 11.3 Å². The van der Waals surface area contributed by atoms with Gasteiger partial charge in [0.1, 0.15) is 0 Å². The quantitative estimate of drug-likeness (QED) is 0.378. The molecule has 0 aromatic heterocycles. The molecule has 0 saturated heterocycles. The highest BCUT2D eigenvalue weighted by Crippen LogP contribution is 2.08. The predicted octanol–water partition coefficient (Wildman–Crippen LogP) is 2.04. The van der Waals surface area contributed by atoms with Crippen molar-refractivity contribution < 1.29 is 4.84 Å². The fourth-order valence-electron chi connectivity index (χ4n) is 0.883. The number of hydrogen-bond donors (Lipinski definition) is 1. The molecule has 16 heavy (non-hydrogen) atoms. The van der Waals surface area contributed by atoms with Gasteiger partial charge in [-0.3, -0.25) is 0 Å². The van der Waals surface area contributed by atoms with Crippen molar-refractivity contribution >= 4 is 17.3 Å². The first kappa shape index (κ1) is 12.6. The molecule has 2 N–H and O–H groups in total. The van der Waals surface area contributed by atoms with Crippen LogP contribution in [0.3, 0.4) is 0 Å². The van der Waals surface area contributed by atoms with Crippen LogP contribution in [0, 0.1) is 11.8 Å². The molecule has 0 aliphatic carbocycles. The second kappa shape index (κ2) is 6.89. The molecule has 1 aromatic rings. The molecule has 4 heteroatoms. The van der Waals surface area contributed by atoms with Crippen LogP contribution in [0.4, 0.5) is 0 Å². The van der Waals surface area contributed by atoms with Gasteiger partial charge in [0.15, 0.2) is 6.61 Å². The normalized spacial score (nSPS) is 10.6. The lowest BCUT2D eigenvalue weighted by molar-refractivity contribution is 0.179. The van der Waals surface area contributed by atoms with E-state index in [1.807, 2.05) is 12.1 Å². The van der Waals surface area contributed by atoms with Crippen LogP contribution in [0.2, 0.25) is 5.02 Å². The van der Waals surface area contributed by atoms with Crippen molar-refractivity contribution in [1.82, 2.24) is 0 Å². The van der Waals surface area contributed by atoms with Crippen molar-refractivity contribution in [3.63, 3.8) is 0 Å². The average Bonchev–Trinajstić information content (AvgIpc) is 2.31. The summed E-state index contributed by atoms with van der Waals surface area (Å²) in [6.07, 6.45) is 0. The summed E-state index contributed by atoms with van der Waals surface area (Å²) in [5.74, 6) is 5.77. The molecule has 0 fully saturated rings. The zero-order valence-corrected chi connectivity index (χ0v) is 9.79. The van der Waals surface area contributed by atoms with E-state index in [-0.39, 0.29) is 6.61 Å². The van der Waals surface area contributed by atoms with E-state index < -0.39 is 0 Å². The molecule has 0 saturated carbocycles. The maximum absolute atomic E-state index is 5.74. The van der Waals surface area contributed by atoms with Crippen molar-refractivity contribution in [3.8, 4) is 11.8 Å². The zero-order valence-electron chi connectivity index (χ0n) is 9.03. The van der Waals surface area contributed by atoms with E-state index in [1.165, 1.54) is 0 Å². The summed E-state index contributed by atoms with van der Waals surface area (Å²) < 4.78 is 0. The minimum Gasteiger partial charge on any atom is -0.383 e. The Morgan fingerprint density at radius 3 is 2.75 bits per heavy atom. The maximum atomic E-state index is 5.74. The fraction of sp³-hybridized carbons (Fsp3) is 0.250. The smallest absolute Gasteiger partial charge is 0.177 e. The zero-order chi connectivity index (χ0) is 11.8. The van der Waals surface area contributed by atoms with E-state index in [4.69, 9.17) is 22.2 Å². The molecular formula is C12H13ClN2O. The number of halogens is 1. The molecular weight excluding hydrogens is 224 g/mol. The van der Waals surface area contributed by atoms with Gasteiger partial charge in [0.2, 0.25) is 0 Å². The van der Waals surface area contributed by atoms with E-state index in [9.17, 15) is 0 Å². The molecule has 1 rings (SSSR count). The van der Waals surface area contributed by atoms with Gasteiger partial charge in [0, 0.05) is 17.1 Å². The largest absolute Gasteiger partial charge is 0.383 e. The Hall–Kier alpha value is -1.50. The first-order chi connectivity index (χ1) is 7.72. The fourth-order valence-corrected chi connectivity index (χ4v) is 1.01. The van der Waals surface area contributed by atoms with Gasteiger partial charge in [0.25, 0.3) is 0 Å². The lowest BCUT2D eigenvalue weighted by Gasteiger charge is -1.94. The molecule has 1 aromatic carbocycles. The summed E-state index contributed by atoms with van der Waals surface area (Å²) in [6.45, 7) is 2.44. The number of nitrogens with two attached hydrogens (primary N) is 1. The second-order valence-electron chi connectivity index (χ2n) is 3.11. The molecule has 0 heterocycles. The average molecular weight is 237 g/mol. The van der Waals surface area contributed by atoms with Crippen LogP contribution >= 0.6 is 11.6 Å². The van der Waals surface area contributed by atoms with Gasteiger partial charge in [-0.1, -0.05) is 28.6 Å². The monoisotopic (exact) mass is 236 g/mol. The Morgan fingerprint density at radius 2 is 2.12 bits per heavy atom. The molecule has 0 amide bonds. The number of hydrogen-bond acceptors (Lipinski definition) is 3. The third-order valence-electron chi connectivity index (χ3n) is 1.73. The minimum absolute atomic E-state index is 0.250. The van der Waals surface area contributed by atoms with Crippen LogP contribution in [-0.2, 0) is 4.84 Å². The molecule has 0 atom stereocenters. The highest BCUT2D eigenvalue weighted by atomic mass is 35.5. The summed E-state index contributed by atoms with van der Waals surface area (Å²) in [5, 5.41) is 4.46. The Morgan fingerprint density at radius 1 is 1.44 bits per heavy atom. The van der Waals surface area contributed by atoms with Gasteiger partial charge in [-0.05, 0) is 31.2 Å². The van der Waals surface area contributed by atoms with Crippen LogP contribution in [-0.4, -0.2) is 18.9 Å². The van der Waals surface area contributed by atoms with E-state index >= 15 is 0 Å². The van der Waals surface area contributed by atoms with E-state index in [0.29, 0.717) is 11.6 Å².